The summed E-state index contributed by atoms with van der Waals surface area (Å²) < 4.78 is 0. The molecule has 0 amide bonds. The van der Waals surface area contributed by atoms with Crippen molar-refractivity contribution in [1.29, 1.82) is 0 Å². The summed E-state index contributed by atoms with van der Waals surface area (Å²) in [7, 11) is 0. The molecule has 0 saturated heterocycles. The zero-order valence-electron chi connectivity index (χ0n) is 9.78. The lowest BCUT2D eigenvalue weighted by Gasteiger charge is -2.06. The van der Waals surface area contributed by atoms with Crippen LogP contribution in [0.15, 0.2) is 0 Å². The van der Waals surface area contributed by atoms with Gasteiger partial charge in [0.05, 0.1) is 10.6 Å². The highest BCUT2D eigenvalue weighted by Crippen LogP contribution is 2.29. The lowest BCUT2D eigenvalue weighted by molar-refractivity contribution is 0.0976. The summed E-state index contributed by atoms with van der Waals surface area (Å²) in [6.07, 6.45) is 2.69. The predicted octanol–water partition coefficient (Wildman–Crippen LogP) is 3.55. The van der Waals surface area contributed by atoms with E-state index in [-0.39, 0.29) is 0 Å². The summed E-state index contributed by atoms with van der Waals surface area (Å²) in [5, 5.41) is 1.13. The van der Waals surface area contributed by atoms with Gasteiger partial charge in [-0.1, -0.05) is 13.8 Å². The van der Waals surface area contributed by atoms with E-state index in [9.17, 15) is 4.79 Å². The molecule has 88 valence electrons. The molecule has 0 atom stereocenters. The van der Waals surface area contributed by atoms with Crippen LogP contribution in [-0.2, 0) is 12.2 Å². The maximum Gasteiger partial charge on any atom is 0.174 e. The zero-order valence-corrected chi connectivity index (χ0v) is 11.4. The molecule has 4 heteroatoms. The first-order valence-corrected chi connectivity index (χ1v) is 7.73. The minimum Gasteiger partial charge on any atom is -0.293 e. The number of nitrogens with zero attached hydrogens (tertiary/aromatic N) is 1. The number of Topliss-reactive ketones (excluding diaryl/α,β-unsaturated/α-hetero) is 1. The van der Waals surface area contributed by atoms with E-state index < -0.39 is 0 Å². The maximum atomic E-state index is 11.6. The molecule has 0 bridgehead atoms. The van der Waals surface area contributed by atoms with E-state index in [0.29, 0.717) is 12.2 Å². The van der Waals surface area contributed by atoms with Crippen LogP contribution in [0.1, 0.15) is 47.1 Å². The summed E-state index contributed by atoms with van der Waals surface area (Å²) in [5.74, 6) is 3.15. The number of rotatable bonds is 4. The van der Waals surface area contributed by atoms with Gasteiger partial charge in [-0.3, -0.25) is 4.79 Å². The van der Waals surface area contributed by atoms with Gasteiger partial charge in [0.25, 0.3) is 0 Å². The molecule has 16 heavy (non-hydrogen) atoms. The third kappa shape index (κ3) is 2.86. The molecule has 0 aromatic carbocycles. The minimum atomic E-state index is 0.304. The highest BCUT2D eigenvalue weighted by molar-refractivity contribution is 7.98. The van der Waals surface area contributed by atoms with E-state index in [1.54, 1.807) is 11.3 Å². The monoisotopic (exact) mass is 255 g/mol. The molecule has 1 aromatic heterocycles. The minimum absolute atomic E-state index is 0.304. The summed E-state index contributed by atoms with van der Waals surface area (Å²) in [4.78, 5) is 17.2. The van der Waals surface area contributed by atoms with Gasteiger partial charge in [-0.15, -0.1) is 11.3 Å². The summed E-state index contributed by atoms with van der Waals surface area (Å²) in [5.41, 5.74) is 1.06. The average molecular weight is 255 g/mol. The number of carbonyl (C=O) groups is 1. The second-order valence-electron chi connectivity index (χ2n) is 4.57. The van der Waals surface area contributed by atoms with E-state index in [2.05, 4.69) is 18.8 Å². The van der Waals surface area contributed by atoms with Crippen LogP contribution in [0.5, 0.6) is 0 Å². The Kier molecular flexibility index (Phi) is 4.03. The van der Waals surface area contributed by atoms with Crippen molar-refractivity contribution in [1.82, 2.24) is 4.98 Å². The molecule has 0 fully saturated rings. The average Bonchev–Trinajstić information content (AvgIpc) is 2.61. The third-order valence-corrected chi connectivity index (χ3v) is 5.19. The second-order valence-corrected chi connectivity index (χ2v) is 6.68. The molecule has 0 unspecified atom stereocenters. The second kappa shape index (κ2) is 5.32. The van der Waals surface area contributed by atoms with Gasteiger partial charge in [0.15, 0.2) is 5.78 Å². The van der Waals surface area contributed by atoms with Gasteiger partial charge in [-0.25, -0.2) is 4.98 Å². The number of fused-ring (bicyclic) bond motifs is 1. The molecule has 2 rings (SSSR count). The standard InChI is InChI=1S/C12H17NOS2/c1-8(2)6-15-7-11-13-9-4-3-5-10(14)12(9)16-11/h8H,3-7H2,1-2H3. The number of ketones is 1. The van der Waals surface area contributed by atoms with Gasteiger partial charge in [-0.05, 0) is 24.5 Å². The van der Waals surface area contributed by atoms with Crippen molar-refractivity contribution in [2.75, 3.05) is 5.75 Å². The van der Waals surface area contributed by atoms with Crippen LogP contribution in [0.3, 0.4) is 0 Å². The normalized spacial score (nSPS) is 15.6. The van der Waals surface area contributed by atoms with Crippen LogP contribution in [-0.4, -0.2) is 16.5 Å². The van der Waals surface area contributed by atoms with E-state index in [1.807, 2.05) is 11.8 Å². The first kappa shape index (κ1) is 12.1. The number of hydrogen-bond donors (Lipinski definition) is 0. The Labute approximate surface area is 105 Å². The molecule has 1 aliphatic carbocycles. The molecule has 1 aliphatic rings. The van der Waals surface area contributed by atoms with Crippen molar-refractivity contribution in [3.8, 4) is 0 Å². The number of thioether (sulfide) groups is 1. The van der Waals surface area contributed by atoms with E-state index in [1.165, 1.54) is 0 Å². The number of aromatic nitrogens is 1. The van der Waals surface area contributed by atoms with Crippen LogP contribution in [0, 0.1) is 5.92 Å². The summed E-state index contributed by atoms with van der Waals surface area (Å²) in [6.45, 7) is 4.45. The van der Waals surface area contributed by atoms with Crippen molar-refractivity contribution < 1.29 is 4.79 Å². The molecule has 0 saturated carbocycles. The maximum absolute atomic E-state index is 11.6. The Hall–Kier alpha value is -0.350. The van der Waals surface area contributed by atoms with Gasteiger partial charge in [-0.2, -0.15) is 11.8 Å². The summed E-state index contributed by atoms with van der Waals surface area (Å²) >= 11 is 3.53. The molecule has 0 aliphatic heterocycles. The van der Waals surface area contributed by atoms with Crippen molar-refractivity contribution >= 4 is 28.9 Å². The largest absolute Gasteiger partial charge is 0.293 e. The predicted molar refractivity (Wildman–Crippen MR) is 70.4 cm³/mol. The molecule has 0 spiro atoms. The zero-order chi connectivity index (χ0) is 11.5. The molecule has 0 N–H and O–H groups in total. The van der Waals surface area contributed by atoms with Gasteiger partial charge in [0.1, 0.15) is 5.01 Å². The first-order valence-electron chi connectivity index (χ1n) is 5.76. The van der Waals surface area contributed by atoms with Crippen LogP contribution in [0.4, 0.5) is 0 Å². The fraction of sp³-hybridized carbons (Fsp3) is 0.667. The fourth-order valence-electron chi connectivity index (χ4n) is 1.76. The molecule has 1 aromatic rings. The number of carbonyl (C=O) groups excluding carboxylic acids is 1. The van der Waals surface area contributed by atoms with E-state index >= 15 is 0 Å². The Morgan fingerprint density at radius 1 is 1.44 bits per heavy atom. The molecule has 0 radical (unpaired) electrons. The lowest BCUT2D eigenvalue weighted by Crippen LogP contribution is -2.07. The van der Waals surface area contributed by atoms with Gasteiger partial charge in [0, 0.05) is 12.2 Å². The Bertz CT molecular complexity index is 384. The molecular formula is C12H17NOS2. The fourth-order valence-corrected chi connectivity index (χ4v) is 3.95. The van der Waals surface area contributed by atoms with Gasteiger partial charge >= 0.3 is 0 Å². The summed E-state index contributed by atoms with van der Waals surface area (Å²) in [6, 6.07) is 0. The van der Waals surface area contributed by atoms with E-state index in [4.69, 9.17) is 0 Å². The van der Waals surface area contributed by atoms with Crippen LogP contribution in [0.2, 0.25) is 0 Å². The highest BCUT2D eigenvalue weighted by Gasteiger charge is 2.21. The van der Waals surface area contributed by atoms with Crippen molar-refractivity contribution in [2.24, 2.45) is 5.92 Å². The Balaban J connectivity index is 1.98. The van der Waals surface area contributed by atoms with Crippen molar-refractivity contribution in [2.45, 2.75) is 38.9 Å². The van der Waals surface area contributed by atoms with Crippen LogP contribution < -0.4 is 0 Å². The third-order valence-electron chi connectivity index (χ3n) is 2.49. The van der Waals surface area contributed by atoms with Crippen molar-refractivity contribution in [3.05, 3.63) is 15.6 Å². The number of thiazole rings is 1. The first-order chi connectivity index (χ1) is 7.66. The highest BCUT2D eigenvalue weighted by atomic mass is 32.2. The Morgan fingerprint density at radius 2 is 2.25 bits per heavy atom. The SMILES string of the molecule is CC(C)CSCc1nc2c(s1)C(=O)CCC2. The molecule has 2 nitrogen and oxygen atoms in total. The van der Waals surface area contributed by atoms with Crippen LogP contribution >= 0.6 is 23.1 Å². The van der Waals surface area contributed by atoms with E-state index in [0.717, 1.165) is 45.8 Å². The number of aryl methyl sites for hydroxylation is 1. The van der Waals surface area contributed by atoms with Crippen molar-refractivity contribution in [3.63, 3.8) is 0 Å². The van der Waals surface area contributed by atoms with Gasteiger partial charge < -0.3 is 0 Å². The Morgan fingerprint density at radius 3 is 2.94 bits per heavy atom. The lowest BCUT2D eigenvalue weighted by atomic mass is 10.0. The smallest absolute Gasteiger partial charge is 0.174 e. The quantitative estimate of drug-likeness (QED) is 0.824. The topological polar surface area (TPSA) is 30.0 Å². The van der Waals surface area contributed by atoms with Crippen LogP contribution in [0.25, 0.3) is 0 Å². The molecular weight excluding hydrogens is 238 g/mol. The number of hydrogen-bond acceptors (Lipinski definition) is 4. The molecule has 1 heterocycles. The van der Waals surface area contributed by atoms with Gasteiger partial charge in [0.2, 0.25) is 0 Å².